The summed E-state index contributed by atoms with van der Waals surface area (Å²) in [6, 6.07) is 11.1. The van der Waals surface area contributed by atoms with Crippen LogP contribution in [0.15, 0.2) is 48.9 Å². The van der Waals surface area contributed by atoms with Gasteiger partial charge in [-0.3, -0.25) is 19.2 Å². The number of ether oxygens (including phenoxy) is 2. The molecule has 3 aliphatic rings. The van der Waals surface area contributed by atoms with E-state index in [9.17, 15) is 9.59 Å². The van der Waals surface area contributed by atoms with Gasteiger partial charge in [0.05, 0.1) is 32.4 Å². The quantitative estimate of drug-likeness (QED) is 0.255. The molecular formula is C35H44N4O4. The minimum absolute atomic E-state index is 0.108. The molecule has 43 heavy (non-hydrogen) atoms. The third kappa shape index (κ3) is 6.63. The first-order chi connectivity index (χ1) is 20.9. The van der Waals surface area contributed by atoms with Crippen molar-refractivity contribution >= 4 is 17.7 Å². The van der Waals surface area contributed by atoms with Crippen molar-refractivity contribution in [2.45, 2.75) is 83.1 Å². The van der Waals surface area contributed by atoms with Crippen molar-refractivity contribution in [2.75, 3.05) is 25.7 Å². The fraction of sp³-hybridized carbons (Fsp3) is 0.543. The number of hydrogen-bond donors (Lipinski definition) is 0. The molecule has 2 aromatic heterocycles. The summed E-state index contributed by atoms with van der Waals surface area (Å²) in [5.74, 6) is 2.34. The number of pyridine rings is 1. The van der Waals surface area contributed by atoms with E-state index in [1.54, 1.807) is 7.11 Å². The van der Waals surface area contributed by atoms with Crippen LogP contribution in [-0.2, 0) is 14.3 Å². The Morgan fingerprint density at radius 1 is 0.907 bits per heavy atom. The summed E-state index contributed by atoms with van der Waals surface area (Å²) in [5, 5.41) is 4.58. The van der Waals surface area contributed by atoms with Crippen LogP contribution in [0.3, 0.4) is 0 Å². The van der Waals surface area contributed by atoms with Crippen molar-refractivity contribution in [3.8, 4) is 16.9 Å². The van der Waals surface area contributed by atoms with Gasteiger partial charge in [-0.1, -0.05) is 12.1 Å². The van der Waals surface area contributed by atoms with Gasteiger partial charge in [-0.2, -0.15) is 5.10 Å². The van der Waals surface area contributed by atoms with Gasteiger partial charge in [0.1, 0.15) is 11.6 Å². The Morgan fingerprint density at radius 3 is 2.33 bits per heavy atom. The summed E-state index contributed by atoms with van der Waals surface area (Å²) in [7, 11) is 3.16. The summed E-state index contributed by atoms with van der Waals surface area (Å²) in [4.78, 5) is 33.0. The van der Waals surface area contributed by atoms with Crippen LogP contribution in [-0.4, -0.2) is 47.4 Å². The van der Waals surface area contributed by atoms with Gasteiger partial charge in [-0.15, -0.1) is 0 Å². The predicted molar refractivity (Wildman–Crippen MR) is 166 cm³/mol. The van der Waals surface area contributed by atoms with Crippen molar-refractivity contribution in [1.82, 2.24) is 14.8 Å². The number of hydrogen-bond acceptors (Lipinski definition) is 6. The molecule has 6 rings (SSSR count). The third-order valence-corrected chi connectivity index (χ3v) is 9.93. The number of aryl methyl sites for hydroxylation is 1. The number of carbonyl (C=O) groups excluding carboxylic acids is 2. The molecular weight excluding hydrogens is 540 g/mol. The van der Waals surface area contributed by atoms with Gasteiger partial charge in [-0.25, -0.2) is 4.98 Å². The second-order valence-corrected chi connectivity index (χ2v) is 12.8. The van der Waals surface area contributed by atoms with Crippen molar-refractivity contribution in [3.63, 3.8) is 0 Å². The number of esters is 1. The summed E-state index contributed by atoms with van der Waals surface area (Å²) in [6.45, 7) is 2.77. The van der Waals surface area contributed by atoms with E-state index in [4.69, 9.17) is 14.5 Å². The van der Waals surface area contributed by atoms with Crippen LogP contribution in [0.2, 0.25) is 0 Å². The molecule has 0 atom stereocenters. The van der Waals surface area contributed by atoms with Gasteiger partial charge in [0, 0.05) is 30.4 Å². The van der Waals surface area contributed by atoms with Gasteiger partial charge in [0.2, 0.25) is 5.91 Å². The van der Waals surface area contributed by atoms with Crippen LogP contribution in [0.4, 0.5) is 5.82 Å². The molecule has 3 fully saturated rings. The van der Waals surface area contributed by atoms with Crippen LogP contribution in [0.5, 0.6) is 5.75 Å². The Kier molecular flexibility index (Phi) is 8.82. The van der Waals surface area contributed by atoms with E-state index < -0.39 is 0 Å². The molecule has 0 saturated heterocycles. The summed E-state index contributed by atoms with van der Waals surface area (Å²) in [5.41, 5.74) is 4.64. The van der Waals surface area contributed by atoms with Crippen LogP contribution in [0.25, 0.3) is 11.1 Å². The second-order valence-electron chi connectivity index (χ2n) is 12.8. The van der Waals surface area contributed by atoms with E-state index in [0.717, 1.165) is 42.6 Å². The first-order valence-electron chi connectivity index (χ1n) is 16.0. The zero-order chi connectivity index (χ0) is 29.9. The molecule has 0 spiro atoms. The predicted octanol–water partition coefficient (Wildman–Crippen LogP) is 6.88. The topological polar surface area (TPSA) is 86.5 Å². The molecule has 3 aliphatic carbocycles. The molecule has 0 unspecified atom stereocenters. The first-order valence-corrected chi connectivity index (χ1v) is 16.0. The lowest BCUT2D eigenvalue weighted by atomic mass is 9.77. The minimum atomic E-state index is -0.160. The first kappa shape index (κ1) is 29.4. The van der Waals surface area contributed by atoms with Gasteiger partial charge < -0.3 is 9.47 Å². The van der Waals surface area contributed by atoms with Crippen molar-refractivity contribution in [2.24, 2.45) is 17.8 Å². The largest absolute Gasteiger partial charge is 0.496 e. The van der Waals surface area contributed by atoms with Gasteiger partial charge in [-0.05, 0) is 118 Å². The highest BCUT2D eigenvalue weighted by atomic mass is 16.5. The highest BCUT2D eigenvalue weighted by Gasteiger charge is 2.35. The summed E-state index contributed by atoms with van der Waals surface area (Å²) >= 11 is 0. The van der Waals surface area contributed by atoms with Crippen LogP contribution in [0.1, 0.15) is 87.3 Å². The molecule has 3 saturated carbocycles. The maximum absolute atomic E-state index is 14.2. The molecule has 8 nitrogen and oxygen atoms in total. The van der Waals surface area contributed by atoms with Gasteiger partial charge >= 0.3 is 5.97 Å². The molecule has 3 aromatic rings. The highest BCUT2D eigenvalue weighted by Crippen LogP contribution is 2.39. The fourth-order valence-corrected chi connectivity index (χ4v) is 7.12. The van der Waals surface area contributed by atoms with E-state index in [0.29, 0.717) is 55.9 Å². The highest BCUT2D eigenvalue weighted by molar-refractivity contribution is 5.95. The molecule has 0 radical (unpaired) electrons. The van der Waals surface area contributed by atoms with Crippen molar-refractivity contribution in [3.05, 3.63) is 60.0 Å². The number of methoxy groups -OCH3 is 2. The number of aromatic nitrogens is 3. The van der Waals surface area contributed by atoms with Crippen LogP contribution in [0, 0.1) is 24.7 Å². The molecule has 8 heteroatoms. The average Bonchev–Trinajstić information content (AvgIpc) is 3.79. The molecule has 0 aliphatic heterocycles. The number of anilines is 1. The number of rotatable bonds is 9. The molecule has 1 amide bonds. The molecule has 0 N–H and O–H groups in total. The average molecular weight is 585 g/mol. The maximum atomic E-state index is 14.2. The van der Waals surface area contributed by atoms with E-state index in [-0.39, 0.29) is 23.7 Å². The lowest BCUT2D eigenvalue weighted by molar-refractivity contribution is -0.147. The van der Waals surface area contributed by atoms with Gasteiger partial charge in [0.25, 0.3) is 0 Å². The number of benzene rings is 1. The standard InChI is InChI=1S/C35H44N4O4/c1-23-18-28(12-15-32(23)42-2)25-6-4-24(5-7-25)21-38(34(40)26-8-10-27(11-9-26)35(41)43-3)33-19-29(16-17-36-33)30-20-37-39(22-30)31-13-14-31/h12,15-20,22,24-27,31H,4-11,13-14,21H2,1-3H3. The Bertz CT molecular complexity index is 1430. The minimum Gasteiger partial charge on any atom is -0.496 e. The van der Waals surface area contributed by atoms with Crippen LogP contribution >= 0.6 is 0 Å². The molecule has 228 valence electrons. The molecule has 2 heterocycles. The third-order valence-electron chi connectivity index (χ3n) is 9.93. The van der Waals surface area contributed by atoms with Crippen molar-refractivity contribution in [1.29, 1.82) is 0 Å². The Morgan fingerprint density at radius 2 is 1.65 bits per heavy atom. The van der Waals surface area contributed by atoms with Crippen molar-refractivity contribution < 1.29 is 19.1 Å². The lowest BCUT2D eigenvalue weighted by Crippen LogP contribution is -2.42. The summed E-state index contributed by atoms with van der Waals surface area (Å²) in [6.07, 6.45) is 15.4. The fourth-order valence-electron chi connectivity index (χ4n) is 7.12. The zero-order valence-electron chi connectivity index (χ0n) is 25.7. The van der Waals surface area contributed by atoms with E-state index in [1.165, 1.54) is 31.1 Å². The lowest BCUT2D eigenvalue weighted by Gasteiger charge is -2.35. The maximum Gasteiger partial charge on any atom is 0.308 e. The smallest absolute Gasteiger partial charge is 0.308 e. The zero-order valence-corrected chi connectivity index (χ0v) is 25.7. The number of carbonyl (C=O) groups is 2. The van der Waals surface area contributed by atoms with E-state index in [2.05, 4.69) is 47.2 Å². The molecule has 0 bridgehead atoms. The monoisotopic (exact) mass is 584 g/mol. The van der Waals surface area contributed by atoms with E-state index in [1.807, 2.05) is 23.4 Å². The normalized spacial score (nSPS) is 23.9. The number of nitrogens with zero attached hydrogens (tertiary/aromatic N) is 4. The Hall–Kier alpha value is -3.68. The van der Waals surface area contributed by atoms with Crippen LogP contribution < -0.4 is 9.64 Å². The summed E-state index contributed by atoms with van der Waals surface area (Å²) < 4.78 is 12.5. The Balaban J connectivity index is 1.19. The van der Waals surface area contributed by atoms with E-state index >= 15 is 0 Å². The second kappa shape index (κ2) is 12.9. The Labute approximate surface area is 254 Å². The number of amides is 1. The van der Waals surface area contributed by atoms with Gasteiger partial charge in [0.15, 0.2) is 0 Å². The molecule has 1 aromatic carbocycles. The SMILES string of the molecule is COC(=O)C1CCC(C(=O)N(CC2CCC(c3ccc(OC)c(C)c3)CC2)c2cc(-c3cnn(C4CC4)c3)ccn2)CC1.